The molecular formula is C14H13FN2O. The van der Waals surface area contributed by atoms with E-state index in [9.17, 15) is 9.18 Å². The molecule has 0 saturated heterocycles. The van der Waals surface area contributed by atoms with Crippen LogP contribution in [0.2, 0.25) is 0 Å². The number of nitrogens with zero attached hydrogens (tertiary/aromatic N) is 2. The molecule has 1 heterocycles. The van der Waals surface area contributed by atoms with Crippen molar-refractivity contribution < 1.29 is 9.18 Å². The van der Waals surface area contributed by atoms with Crippen molar-refractivity contribution in [2.24, 2.45) is 0 Å². The molecule has 1 aliphatic carbocycles. The third-order valence-corrected chi connectivity index (χ3v) is 3.72. The third-order valence-electron chi connectivity index (χ3n) is 3.72. The van der Waals surface area contributed by atoms with E-state index in [1.165, 1.54) is 10.7 Å². The summed E-state index contributed by atoms with van der Waals surface area (Å²) in [6, 6.07) is 8.23. The third kappa shape index (κ3) is 1.49. The Morgan fingerprint density at radius 2 is 2.06 bits per heavy atom. The van der Waals surface area contributed by atoms with Crippen LogP contribution in [0.1, 0.15) is 29.6 Å². The highest BCUT2D eigenvalue weighted by atomic mass is 19.1. The Morgan fingerprint density at radius 1 is 1.28 bits per heavy atom. The fraction of sp³-hybridized carbons (Fsp3) is 0.286. The number of benzene rings is 1. The van der Waals surface area contributed by atoms with Gasteiger partial charge in [-0.1, -0.05) is 24.6 Å². The first-order chi connectivity index (χ1) is 8.74. The molecule has 0 radical (unpaired) electrons. The molecule has 1 aromatic heterocycles. The molecule has 3 nitrogen and oxygen atoms in total. The second kappa shape index (κ2) is 4.05. The van der Waals surface area contributed by atoms with Gasteiger partial charge in [-0.2, -0.15) is 5.10 Å². The molecule has 0 atom stereocenters. The van der Waals surface area contributed by atoms with E-state index in [1.54, 1.807) is 36.7 Å². The van der Waals surface area contributed by atoms with Gasteiger partial charge in [0.05, 0.1) is 5.41 Å². The molecule has 0 spiro atoms. The van der Waals surface area contributed by atoms with Crippen LogP contribution in [0.25, 0.3) is 0 Å². The van der Waals surface area contributed by atoms with Crippen molar-refractivity contribution >= 4 is 5.91 Å². The van der Waals surface area contributed by atoms with Crippen molar-refractivity contribution in [1.82, 2.24) is 9.78 Å². The van der Waals surface area contributed by atoms with Crippen LogP contribution >= 0.6 is 0 Å². The van der Waals surface area contributed by atoms with Gasteiger partial charge in [-0.3, -0.25) is 4.79 Å². The molecule has 0 unspecified atom stereocenters. The molecule has 1 fully saturated rings. The maximum Gasteiger partial charge on any atom is 0.257 e. The summed E-state index contributed by atoms with van der Waals surface area (Å²) in [5.41, 5.74) is -0.228. The first kappa shape index (κ1) is 11.1. The van der Waals surface area contributed by atoms with E-state index in [1.807, 2.05) is 0 Å². The molecular weight excluding hydrogens is 231 g/mol. The zero-order valence-electron chi connectivity index (χ0n) is 9.84. The minimum absolute atomic E-state index is 0.135. The quantitative estimate of drug-likeness (QED) is 0.814. The molecule has 1 saturated carbocycles. The van der Waals surface area contributed by atoms with Gasteiger partial charge in [0.1, 0.15) is 5.82 Å². The summed E-state index contributed by atoms with van der Waals surface area (Å²) in [7, 11) is 0. The summed E-state index contributed by atoms with van der Waals surface area (Å²) >= 11 is 0. The predicted molar refractivity (Wildman–Crippen MR) is 64.8 cm³/mol. The average Bonchev–Trinajstić information content (AvgIpc) is 2.83. The molecule has 0 amide bonds. The lowest BCUT2D eigenvalue weighted by atomic mass is 9.63. The molecule has 2 aromatic rings. The fourth-order valence-corrected chi connectivity index (χ4v) is 2.59. The van der Waals surface area contributed by atoms with Crippen LogP contribution in [-0.4, -0.2) is 15.7 Å². The molecule has 1 aliphatic rings. The van der Waals surface area contributed by atoms with E-state index in [4.69, 9.17) is 0 Å². The highest BCUT2D eigenvalue weighted by Gasteiger charge is 2.48. The van der Waals surface area contributed by atoms with Crippen molar-refractivity contribution in [3.8, 4) is 0 Å². The molecule has 3 rings (SSSR count). The molecule has 18 heavy (non-hydrogen) atoms. The Labute approximate surface area is 104 Å². The standard InChI is InChI=1S/C14H13FN2O/c15-12-6-2-1-5-11(12)14(7-3-8-14)13(18)17-10-4-9-16-17/h1-2,4-6,9-10H,3,7-8H2. The summed E-state index contributed by atoms with van der Waals surface area (Å²) in [5.74, 6) is -0.443. The summed E-state index contributed by atoms with van der Waals surface area (Å²) in [5, 5.41) is 3.96. The Bertz CT molecular complexity index is 573. The van der Waals surface area contributed by atoms with E-state index in [-0.39, 0.29) is 11.7 Å². The van der Waals surface area contributed by atoms with Gasteiger partial charge in [0.2, 0.25) is 0 Å². The zero-order valence-corrected chi connectivity index (χ0v) is 9.84. The Morgan fingerprint density at radius 3 is 2.61 bits per heavy atom. The van der Waals surface area contributed by atoms with Crippen LogP contribution in [0.4, 0.5) is 4.39 Å². The molecule has 0 N–H and O–H groups in total. The number of aromatic nitrogens is 2. The van der Waals surface area contributed by atoms with Gasteiger partial charge in [0.25, 0.3) is 5.91 Å². The number of carbonyl (C=O) groups excluding carboxylic acids is 1. The van der Waals surface area contributed by atoms with E-state index < -0.39 is 5.41 Å². The van der Waals surface area contributed by atoms with Crippen LogP contribution in [0.3, 0.4) is 0 Å². The highest BCUT2D eigenvalue weighted by Crippen LogP contribution is 2.45. The number of hydrogen-bond acceptors (Lipinski definition) is 2. The highest BCUT2D eigenvalue weighted by molar-refractivity contribution is 5.90. The smallest absolute Gasteiger partial charge is 0.257 e. The maximum atomic E-state index is 13.9. The van der Waals surface area contributed by atoms with Gasteiger partial charge in [0.15, 0.2) is 0 Å². The molecule has 1 aromatic carbocycles. The lowest BCUT2D eigenvalue weighted by Gasteiger charge is -2.40. The van der Waals surface area contributed by atoms with E-state index in [0.29, 0.717) is 18.4 Å². The second-order valence-corrected chi connectivity index (χ2v) is 4.67. The SMILES string of the molecule is O=C(n1cccn1)C1(c2ccccc2F)CCC1. The van der Waals surface area contributed by atoms with Gasteiger partial charge in [-0.15, -0.1) is 0 Å². The monoisotopic (exact) mass is 244 g/mol. The number of halogens is 1. The van der Waals surface area contributed by atoms with Gasteiger partial charge < -0.3 is 0 Å². The minimum atomic E-state index is -0.725. The Hall–Kier alpha value is -1.97. The number of hydrogen-bond donors (Lipinski definition) is 0. The van der Waals surface area contributed by atoms with Crippen molar-refractivity contribution in [1.29, 1.82) is 0 Å². The van der Waals surface area contributed by atoms with Crippen LogP contribution in [-0.2, 0) is 5.41 Å². The van der Waals surface area contributed by atoms with Crippen LogP contribution < -0.4 is 0 Å². The van der Waals surface area contributed by atoms with Gasteiger partial charge in [-0.25, -0.2) is 9.07 Å². The minimum Gasteiger partial charge on any atom is -0.272 e. The number of rotatable bonds is 2. The topological polar surface area (TPSA) is 34.9 Å². The summed E-state index contributed by atoms with van der Waals surface area (Å²) in [6.07, 6.45) is 5.50. The Balaban J connectivity index is 2.06. The lowest BCUT2D eigenvalue weighted by Crippen LogP contribution is -2.46. The molecule has 0 aliphatic heterocycles. The van der Waals surface area contributed by atoms with E-state index in [2.05, 4.69) is 5.10 Å². The van der Waals surface area contributed by atoms with E-state index >= 15 is 0 Å². The first-order valence-corrected chi connectivity index (χ1v) is 6.03. The van der Waals surface area contributed by atoms with Gasteiger partial charge >= 0.3 is 0 Å². The first-order valence-electron chi connectivity index (χ1n) is 6.03. The fourth-order valence-electron chi connectivity index (χ4n) is 2.59. The van der Waals surface area contributed by atoms with Crippen molar-refractivity contribution in [3.05, 3.63) is 54.1 Å². The predicted octanol–water partition coefficient (Wildman–Crippen LogP) is 2.78. The summed E-state index contributed by atoms with van der Waals surface area (Å²) in [4.78, 5) is 12.5. The van der Waals surface area contributed by atoms with Crippen molar-refractivity contribution in [3.63, 3.8) is 0 Å². The zero-order chi connectivity index (χ0) is 12.6. The average molecular weight is 244 g/mol. The van der Waals surface area contributed by atoms with Crippen LogP contribution in [0, 0.1) is 5.82 Å². The van der Waals surface area contributed by atoms with Gasteiger partial charge in [-0.05, 0) is 25.0 Å². The van der Waals surface area contributed by atoms with Crippen molar-refractivity contribution in [2.45, 2.75) is 24.7 Å². The molecule has 0 bridgehead atoms. The lowest BCUT2D eigenvalue weighted by molar-refractivity contribution is 0.0669. The van der Waals surface area contributed by atoms with Crippen molar-refractivity contribution in [2.75, 3.05) is 0 Å². The second-order valence-electron chi connectivity index (χ2n) is 4.67. The van der Waals surface area contributed by atoms with Gasteiger partial charge in [0, 0.05) is 18.0 Å². The summed E-state index contributed by atoms with van der Waals surface area (Å²) < 4.78 is 15.2. The van der Waals surface area contributed by atoms with Crippen LogP contribution in [0.15, 0.2) is 42.7 Å². The van der Waals surface area contributed by atoms with E-state index in [0.717, 1.165) is 6.42 Å². The molecule has 92 valence electrons. The number of carbonyl (C=O) groups is 1. The summed E-state index contributed by atoms with van der Waals surface area (Å²) in [6.45, 7) is 0. The normalized spacial score (nSPS) is 17.2. The maximum absolute atomic E-state index is 13.9. The Kier molecular flexibility index (Phi) is 2.51. The van der Waals surface area contributed by atoms with Crippen LogP contribution in [0.5, 0.6) is 0 Å². The molecule has 4 heteroatoms. The largest absolute Gasteiger partial charge is 0.272 e.